The van der Waals surface area contributed by atoms with Crippen molar-refractivity contribution >= 4 is 17.5 Å². The van der Waals surface area contributed by atoms with Crippen LogP contribution in [0.15, 0.2) is 42.5 Å². The number of hydrogen-bond donors (Lipinski definition) is 2. The number of primary amides is 1. The van der Waals surface area contributed by atoms with Gasteiger partial charge in [-0.25, -0.2) is 4.39 Å². The van der Waals surface area contributed by atoms with Gasteiger partial charge in [0, 0.05) is 12.7 Å². The molecule has 0 spiro atoms. The highest BCUT2D eigenvalue weighted by Gasteiger charge is 2.18. The van der Waals surface area contributed by atoms with Gasteiger partial charge in [0.15, 0.2) is 0 Å². The number of nitrogens with zero attached hydrogens (tertiary/aromatic N) is 1. The Bertz CT molecular complexity index is 775. The number of nitrogens with one attached hydrogen (secondary N) is 1. The van der Waals surface area contributed by atoms with E-state index >= 15 is 0 Å². The first-order chi connectivity index (χ1) is 11.8. The Morgan fingerprint density at radius 3 is 2.44 bits per heavy atom. The third kappa shape index (κ3) is 4.35. The number of hydrogen-bond acceptors (Lipinski definition) is 3. The summed E-state index contributed by atoms with van der Waals surface area (Å²) >= 11 is 0. The zero-order valence-corrected chi connectivity index (χ0v) is 14.5. The highest BCUT2D eigenvalue weighted by atomic mass is 19.1. The second-order valence-corrected chi connectivity index (χ2v) is 5.95. The lowest BCUT2D eigenvalue weighted by molar-refractivity contribution is -0.129. The molecule has 0 aliphatic carbocycles. The number of aryl methyl sites for hydroxylation is 1. The van der Waals surface area contributed by atoms with Gasteiger partial charge in [0.2, 0.25) is 5.91 Å². The van der Waals surface area contributed by atoms with Gasteiger partial charge < -0.3 is 16.0 Å². The van der Waals surface area contributed by atoms with E-state index in [2.05, 4.69) is 5.32 Å². The summed E-state index contributed by atoms with van der Waals surface area (Å²) in [5.41, 5.74) is 7.91. The van der Waals surface area contributed by atoms with E-state index in [0.29, 0.717) is 11.3 Å². The maximum Gasteiger partial charge on any atom is 0.251 e. The van der Waals surface area contributed by atoms with Crippen LogP contribution in [0, 0.1) is 12.7 Å². The molecular weight excluding hydrogens is 321 g/mol. The second kappa shape index (κ2) is 7.79. The SMILES string of the molecule is Cc1cccc(NCC(=O)N(C)[C@H](C)c2ccc(F)cc2)c1C(N)=O. The summed E-state index contributed by atoms with van der Waals surface area (Å²) in [6, 6.07) is 11.1. The van der Waals surface area contributed by atoms with Gasteiger partial charge in [-0.05, 0) is 43.2 Å². The number of nitrogens with two attached hydrogens (primary N) is 1. The molecule has 0 aliphatic rings. The van der Waals surface area contributed by atoms with E-state index in [1.165, 1.54) is 12.1 Å². The van der Waals surface area contributed by atoms with Crippen molar-refractivity contribution in [2.24, 2.45) is 5.73 Å². The fourth-order valence-corrected chi connectivity index (χ4v) is 2.62. The molecule has 0 fully saturated rings. The first-order valence-corrected chi connectivity index (χ1v) is 7.95. The van der Waals surface area contributed by atoms with Crippen LogP contribution in [0.1, 0.15) is 34.5 Å². The molecule has 0 radical (unpaired) electrons. The Labute approximate surface area is 146 Å². The largest absolute Gasteiger partial charge is 0.375 e. The van der Waals surface area contributed by atoms with E-state index in [1.54, 1.807) is 49.2 Å². The van der Waals surface area contributed by atoms with Crippen molar-refractivity contribution in [3.8, 4) is 0 Å². The summed E-state index contributed by atoms with van der Waals surface area (Å²) in [5.74, 6) is -1.01. The molecule has 0 saturated heterocycles. The highest BCUT2D eigenvalue weighted by Crippen LogP contribution is 2.21. The zero-order chi connectivity index (χ0) is 18.6. The Balaban J connectivity index is 2.06. The minimum absolute atomic E-state index is 0.0196. The van der Waals surface area contributed by atoms with Crippen LogP contribution in [0.4, 0.5) is 10.1 Å². The quantitative estimate of drug-likeness (QED) is 0.847. The standard InChI is InChI=1S/C19H22FN3O2/c1-12-5-4-6-16(18(12)19(21)25)22-11-17(24)23(3)13(2)14-7-9-15(20)10-8-14/h4-10,13,22H,11H2,1-3H3,(H2,21,25)/t13-/m1/s1. The van der Waals surface area contributed by atoms with Crippen molar-refractivity contribution in [2.45, 2.75) is 19.9 Å². The van der Waals surface area contributed by atoms with Gasteiger partial charge in [-0.2, -0.15) is 0 Å². The first-order valence-electron chi connectivity index (χ1n) is 7.95. The number of likely N-dealkylation sites (N-methyl/N-ethyl adjacent to an activating group) is 1. The van der Waals surface area contributed by atoms with Gasteiger partial charge in [-0.3, -0.25) is 9.59 Å². The normalized spacial score (nSPS) is 11.7. The summed E-state index contributed by atoms with van der Waals surface area (Å²) in [7, 11) is 1.68. The molecule has 0 aromatic heterocycles. The number of rotatable bonds is 6. The molecule has 0 unspecified atom stereocenters. The summed E-state index contributed by atoms with van der Waals surface area (Å²) in [5, 5.41) is 2.98. The third-order valence-corrected chi connectivity index (χ3v) is 4.28. The van der Waals surface area contributed by atoms with E-state index in [0.717, 1.165) is 11.1 Å². The molecule has 0 heterocycles. The monoisotopic (exact) mass is 343 g/mol. The summed E-state index contributed by atoms with van der Waals surface area (Å²) in [6.07, 6.45) is 0. The van der Waals surface area contributed by atoms with Gasteiger partial charge in [0.1, 0.15) is 5.82 Å². The first kappa shape index (κ1) is 18.4. The number of carbonyl (C=O) groups excluding carboxylic acids is 2. The summed E-state index contributed by atoms with van der Waals surface area (Å²) < 4.78 is 13.0. The molecule has 2 aromatic carbocycles. The molecule has 0 saturated carbocycles. The second-order valence-electron chi connectivity index (χ2n) is 5.95. The Kier molecular flexibility index (Phi) is 5.75. The van der Waals surface area contributed by atoms with Crippen LogP contribution in [-0.4, -0.2) is 30.3 Å². The molecule has 0 bridgehead atoms. The average Bonchev–Trinajstić information content (AvgIpc) is 2.58. The van der Waals surface area contributed by atoms with Crippen LogP contribution >= 0.6 is 0 Å². The fraction of sp³-hybridized carbons (Fsp3) is 0.263. The predicted molar refractivity (Wildman–Crippen MR) is 95.8 cm³/mol. The zero-order valence-electron chi connectivity index (χ0n) is 14.5. The Morgan fingerprint density at radius 2 is 1.84 bits per heavy atom. The Morgan fingerprint density at radius 1 is 1.20 bits per heavy atom. The molecular formula is C19H22FN3O2. The van der Waals surface area contributed by atoms with Crippen molar-refractivity contribution in [1.29, 1.82) is 0 Å². The molecule has 132 valence electrons. The maximum absolute atomic E-state index is 13.0. The van der Waals surface area contributed by atoms with Gasteiger partial charge in [0.25, 0.3) is 5.91 Å². The fourth-order valence-electron chi connectivity index (χ4n) is 2.62. The van der Waals surface area contributed by atoms with Crippen LogP contribution in [0.3, 0.4) is 0 Å². The summed E-state index contributed by atoms with van der Waals surface area (Å²) in [4.78, 5) is 25.6. The smallest absolute Gasteiger partial charge is 0.251 e. The van der Waals surface area contributed by atoms with E-state index in [1.807, 2.05) is 6.92 Å². The van der Waals surface area contributed by atoms with Gasteiger partial charge in [-0.15, -0.1) is 0 Å². The molecule has 1 atom stereocenters. The maximum atomic E-state index is 13.0. The van der Waals surface area contributed by atoms with Crippen LogP contribution in [0.5, 0.6) is 0 Å². The van der Waals surface area contributed by atoms with Gasteiger partial charge >= 0.3 is 0 Å². The minimum atomic E-state index is -0.541. The Hall–Kier alpha value is -2.89. The van der Waals surface area contributed by atoms with Crippen LogP contribution < -0.4 is 11.1 Å². The van der Waals surface area contributed by atoms with Crippen LogP contribution in [0.25, 0.3) is 0 Å². The lowest BCUT2D eigenvalue weighted by atomic mass is 10.1. The number of anilines is 1. The van der Waals surface area contributed by atoms with Crippen molar-refractivity contribution in [1.82, 2.24) is 4.90 Å². The average molecular weight is 343 g/mol. The van der Waals surface area contributed by atoms with Crippen molar-refractivity contribution in [3.05, 3.63) is 65.0 Å². The molecule has 2 rings (SSSR count). The predicted octanol–water partition coefficient (Wildman–Crippen LogP) is 2.86. The van der Waals surface area contributed by atoms with E-state index in [9.17, 15) is 14.0 Å². The molecule has 3 N–H and O–H groups in total. The van der Waals surface area contributed by atoms with Crippen molar-refractivity contribution < 1.29 is 14.0 Å². The molecule has 6 heteroatoms. The van der Waals surface area contributed by atoms with E-state index in [-0.39, 0.29) is 24.3 Å². The number of carbonyl (C=O) groups is 2. The topological polar surface area (TPSA) is 75.4 Å². The van der Waals surface area contributed by atoms with E-state index in [4.69, 9.17) is 5.73 Å². The molecule has 25 heavy (non-hydrogen) atoms. The van der Waals surface area contributed by atoms with Crippen molar-refractivity contribution in [3.63, 3.8) is 0 Å². The van der Waals surface area contributed by atoms with Crippen LogP contribution in [0.2, 0.25) is 0 Å². The lowest BCUT2D eigenvalue weighted by Gasteiger charge is -2.26. The summed E-state index contributed by atoms with van der Waals surface area (Å²) in [6.45, 7) is 3.67. The lowest BCUT2D eigenvalue weighted by Crippen LogP contribution is -2.34. The van der Waals surface area contributed by atoms with Crippen LogP contribution in [-0.2, 0) is 4.79 Å². The molecule has 0 aliphatic heterocycles. The van der Waals surface area contributed by atoms with E-state index < -0.39 is 5.91 Å². The minimum Gasteiger partial charge on any atom is -0.375 e. The third-order valence-electron chi connectivity index (χ3n) is 4.28. The molecule has 5 nitrogen and oxygen atoms in total. The van der Waals surface area contributed by atoms with Gasteiger partial charge in [-0.1, -0.05) is 24.3 Å². The molecule has 2 aromatic rings. The van der Waals surface area contributed by atoms with Gasteiger partial charge in [0.05, 0.1) is 18.2 Å². The number of benzene rings is 2. The van der Waals surface area contributed by atoms with Crippen molar-refractivity contribution in [2.75, 3.05) is 18.9 Å². The highest BCUT2D eigenvalue weighted by molar-refractivity contribution is 6.00. The number of amides is 2. The molecule has 2 amide bonds. The number of halogens is 1.